The smallest absolute Gasteiger partial charge is 0.218 e. The summed E-state index contributed by atoms with van der Waals surface area (Å²) in [7, 11) is 0. The van der Waals surface area contributed by atoms with Crippen molar-refractivity contribution in [1.82, 2.24) is 5.32 Å². The first-order valence-corrected chi connectivity index (χ1v) is 6.91. The highest BCUT2D eigenvalue weighted by Crippen LogP contribution is 2.23. The third kappa shape index (κ3) is 4.39. The van der Waals surface area contributed by atoms with Gasteiger partial charge >= 0.3 is 0 Å². The van der Waals surface area contributed by atoms with E-state index in [9.17, 15) is 9.18 Å². The lowest BCUT2D eigenvalue weighted by Crippen LogP contribution is -2.34. The first kappa shape index (κ1) is 15.2. The lowest BCUT2D eigenvalue weighted by molar-refractivity contribution is -0.118. The van der Waals surface area contributed by atoms with Crippen molar-refractivity contribution in [2.75, 3.05) is 0 Å². The van der Waals surface area contributed by atoms with Crippen LogP contribution in [0.15, 0.2) is 54.6 Å². The number of hydrogen-bond donors (Lipinski definition) is 2. The minimum Gasteiger partial charge on any atom is -0.370 e. The highest BCUT2D eigenvalue weighted by atomic mass is 19.1. The van der Waals surface area contributed by atoms with Crippen LogP contribution in [0, 0.1) is 5.82 Å². The quantitative estimate of drug-likeness (QED) is 0.858. The van der Waals surface area contributed by atoms with Gasteiger partial charge in [0.05, 0.1) is 6.04 Å². The Balaban J connectivity index is 2.29. The van der Waals surface area contributed by atoms with E-state index in [0.717, 1.165) is 11.1 Å². The number of halogens is 1. The maximum atomic E-state index is 13.5. The lowest BCUT2D eigenvalue weighted by Gasteiger charge is -2.24. The highest BCUT2D eigenvalue weighted by Gasteiger charge is 2.17. The van der Waals surface area contributed by atoms with Gasteiger partial charge in [-0.2, -0.15) is 0 Å². The molecule has 0 aliphatic rings. The molecule has 0 aliphatic heterocycles. The molecule has 2 aromatic carbocycles. The largest absolute Gasteiger partial charge is 0.370 e. The van der Waals surface area contributed by atoms with Gasteiger partial charge in [-0.1, -0.05) is 42.5 Å². The molecule has 0 unspecified atom stereocenters. The van der Waals surface area contributed by atoms with Crippen LogP contribution in [0.5, 0.6) is 0 Å². The predicted octanol–water partition coefficient (Wildman–Crippen LogP) is 2.77. The van der Waals surface area contributed by atoms with Crippen molar-refractivity contribution in [3.63, 3.8) is 0 Å². The molecular weight excluding hydrogens is 267 g/mol. The van der Waals surface area contributed by atoms with E-state index in [1.165, 1.54) is 12.1 Å². The van der Waals surface area contributed by atoms with Gasteiger partial charge in [0, 0.05) is 12.5 Å². The van der Waals surface area contributed by atoms with Crippen molar-refractivity contribution >= 4 is 5.91 Å². The Bertz CT molecular complexity index is 601. The van der Waals surface area contributed by atoms with Gasteiger partial charge in [-0.3, -0.25) is 4.79 Å². The Hall–Kier alpha value is -2.20. The summed E-state index contributed by atoms with van der Waals surface area (Å²) in [5.41, 5.74) is 7.06. The SMILES string of the molecule is C[C@@H](CC(N)=O)N[C@H](c1ccccc1)c1cccc(F)c1. The predicted molar refractivity (Wildman–Crippen MR) is 81.1 cm³/mol. The van der Waals surface area contributed by atoms with Gasteiger partial charge in [0.2, 0.25) is 5.91 Å². The minimum absolute atomic E-state index is 0.101. The number of carbonyl (C=O) groups excluding carboxylic acids is 1. The van der Waals surface area contributed by atoms with Gasteiger partial charge in [-0.25, -0.2) is 4.39 Å². The summed E-state index contributed by atoms with van der Waals surface area (Å²) in [6, 6.07) is 15.9. The van der Waals surface area contributed by atoms with Crippen LogP contribution in [0.25, 0.3) is 0 Å². The van der Waals surface area contributed by atoms with Gasteiger partial charge in [0.15, 0.2) is 0 Å². The van der Waals surface area contributed by atoms with Crippen LogP contribution in [-0.2, 0) is 4.79 Å². The standard InChI is InChI=1S/C17H19FN2O/c1-12(10-16(19)21)20-17(13-6-3-2-4-7-13)14-8-5-9-15(18)11-14/h2-9,11-12,17,20H,10H2,1H3,(H2,19,21)/t12-,17+/m0/s1. The Kier molecular flexibility index (Phi) is 5.06. The molecular formula is C17H19FN2O. The molecule has 0 heterocycles. The Morgan fingerprint density at radius 1 is 1.14 bits per heavy atom. The molecule has 3 nitrogen and oxygen atoms in total. The van der Waals surface area contributed by atoms with Gasteiger partial charge in [-0.15, -0.1) is 0 Å². The molecule has 4 heteroatoms. The Morgan fingerprint density at radius 3 is 2.43 bits per heavy atom. The van der Waals surface area contributed by atoms with Crippen molar-refractivity contribution in [1.29, 1.82) is 0 Å². The van der Waals surface area contributed by atoms with Crippen LogP contribution in [0.3, 0.4) is 0 Å². The normalized spacial score (nSPS) is 13.6. The van der Waals surface area contributed by atoms with Crippen LogP contribution >= 0.6 is 0 Å². The number of rotatable bonds is 6. The van der Waals surface area contributed by atoms with Crippen molar-refractivity contribution in [3.8, 4) is 0 Å². The lowest BCUT2D eigenvalue weighted by atomic mass is 9.97. The first-order chi connectivity index (χ1) is 10.1. The van der Waals surface area contributed by atoms with Crippen LogP contribution in [0.2, 0.25) is 0 Å². The molecule has 0 fully saturated rings. The summed E-state index contributed by atoms with van der Waals surface area (Å²) in [6.07, 6.45) is 0.235. The summed E-state index contributed by atoms with van der Waals surface area (Å²) >= 11 is 0. The summed E-state index contributed by atoms with van der Waals surface area (Å²) in [5.74, 6) is -0.640. The average molecular weight is 286 g/mol. The van der Waals surface area contributed by atoms with E-state index in [4.69, 9.17) is 5.73 Å². The van der Waals surface area contributed by atoms with E-state index in [0.29, 0.717) is 0 Å². The minimum atomic E-state index is -0.360. The van der Waals surface area contributed by atoms with Crippen molar-refractivity contribution < 1.29 is 9.18 Å². The van der Waals surface area contributed by atoms with E-state index in [1.54, 1.807) is 6.07 Å². The fourth-order valence-corrected chi connectivity index (χ4v) is 2.36. The number of amides is 1. The number of hydrogen-bond acceptors (Lipinski definition) is 2. The zero-order chi connectivity index (χ0) is 15.2. The Morgan fingerprint density at radius 2 is 1.81 bits per heavy atom. The zero-order valence-corrected chi connectivity index (χ0v) is 11.9. The molecule has 0 radical (unpaired) electrons. The molecule has 3 N–H and O–H groups in total. The summed E-state index contributed by atoms with van der Waals surface area (Å²) < 4.78 is 13.5. The maximum Gasteiger partial charge on any atom is 0.218 e. The number of benzene rings is 2. The summed E-state index contributed by atoms with van der Waals surface area (Å²) in [6.45, 7) is 1.89. The third-order valence-corrected chi connectivity index (χ3v) is 3.27. The molecule has 0 bridgehead atoms. The monoisotopic (exact) mass is 286 g/mol. The Labute approximate surface area is 124 Å². The first-order valence-electron chi connectivity index (χ1n) is 6.91. The van der Waals surface area contributed by atoms with Crippen molar-refractivity contribution in [3.05, 3.63) is 71.5 Å². The second-order valence-corrected chi connectivity index (χ2v) is 5.14. The average Bonchev–Trinajstić information content (AvgIpc) is 2.45. The summed E-state index contributed by atoms with van der Waals surface area (Å²) in [5, 5.41) is 3.34. The van der Waals surface area contributed by atoms with E-state index in [2.05, 4.69) is 5.32 Å². The number of carbonyl (C=O) groups is 1. The third-order valence-electron chi connectivity index (χ3n) is 3.27. The molecule has 2 aromatic rings. The molecule has 0 spiro atoms. The maximum absolute atomic E-state index is 13.5. The number of primary amides is 1. The fraction of sp³-hybridized carbons (Fsp3) is 0.235. The fourth-order valence-electron chi connectivity index (χ4n) is 2.36. The van der Waals surface area contributed by atoms with Crippen LogP contribution in [-0.4, -0.2) is 11.9 Å². The molecule has 2 rings (SSSR count). The molecule has 0 aliphatic carbocycles. The van der Waals surface area contributed by atoms with Crippen molar-refractivity contribution in [2.24, 2.45) is 5.73 Å². The van der Waals surface area contributed by atoms with E-state index in [1.807, 2.05) is 43.3 Å². The number of nitrogens with two attached hydrogens (primary N) is 1. The molecule has 0 saturated carbocycles. The van der Waals surface area contributed by atoms with Crippen LogP contribution < -0.4 is 11.1 Å². The second-order valence-electron chi connectivity index (χ2n) is 5.14. The van der Waals surface area contributed by atoms with E-state index in [-0.39, 0.29) is 30.2 Å². The van der Waals surface area contributed by atoms with Gasteiger partial charge < -0.3 is 11.1 Å². The summed E-state index contributed by atoms with van der Waals surface area (Å²) in [4.78, 5) is 11.0. The highest BCUT2D eigenvalue weighted by molar-refractivity contribution is 5.74. The molecule has 21 heavy (non-hydrogen) atoms. The van der Waals surface area contributed by atoms with Gasteiger partial charge in [0.1, 0.15) is 5.82 Å². The van der Waals surface area contributed by atoms with Gasteiger partial charge in [-0.05, 0) is 30.2 Å². The van der Waals surface area contributed by atoms with Crippen molar-refractivity contribution in [2.45, 2.75) is 25.4 Å². The van der Waals surface area contributed by atoms with E-state index < -0.39 is 0 Å². The molecule has 2 atom stereocenters. The molecule has 110 valence electrons. The van der Waals surface area contributed by atoms with Crippen LogP contribution in [0.1, 0.15) is 30.5 Å². The number of nitrogens with one attached hydrogen (secondary N) is 1. The molecule has 0 saturated heterocycles. The van der Waals surface area contributed by atoms with Crippen LogP contribution in [0.4, 0.5) is 4.39 Å². The topological polar surface area (TPSA) is 55.1 Å². The molecule has 0 aromatic heterocycles. The zero-order valence-electron chi connectivity index (χ0n) is 11.9. The second kappa shape index (κ2) is 6.99. The van der Waals surface area contributed by atoms with E-state index >= 15 is 0 Å². The molecule has 1 amide bonds. The van der Waals surface area contributed by atoms with Gasteiger partial charge in [0.25, 0.3) is 0 Å².